The fourth-order valence-corrected chi connectivity index (χ4v) is 2.16. The highest BCUT2D eigenvalue weighted by Gasteiger charge is 2.31. The van der Waals surface area contributed by atoms with Crippen LogP contribution in [0.3, 0.4) is 0 Å². The van der Waals surface area contributed by atoms with Crippen LogP contribution in [0.4, 0.5) is 0 Å². The Morgan fingerprint density at radius 2 is 2.50 bits per heavy atom. The number of pyridine rings is 1. The normalized spacial score (nSPS) is 27.5. The van der Waals surface area contributed by atoms with Crippen molar-refractivity contribution in [1.29, 1.82) is 0 Å². The third kappa shape index (κ3) is 1.65. The molecule has 1 fully saturated rings. The summed E-state index contributed by atoms with van der Waals surface area (Å²) in [6.07, 6.45) is 6.19. The van der Waals surface area contributed by atoms with E-state index in [-0.39, 0.29) is 5.54 Å². The third-order valence-corrected chi connectivity index (χ3v) is 3.08. The molecular formula is C11H17N3. The summed E-state index contributed by atoms with van der Waals surface area (Å²) in [6.45, 7) is 2.12. The Morgan fingerprint density at radius 1 is 1.57 bits per heavy atom. The van der Waals surface area contributed by atoms with Gasteiger partial charge in [0.25, 0.3) is 0 Å². The van der Waals surface area contributed by atoms with Crippen LogP contribution >= 0.6 is 0 Å². The zero-order chi connectivity index (χ0) is 9.86. The lowest BCUT2D eigenvalue weighted by Crippen LogP contribution is -2.51. The predicted molar refractivity (Wildman–Crippen MR) is 57.1 cm³/mol. The molecule has 0 aromatic carbocycles. The lowest BCUT2D eigenvalue weighted by molar-refractivity contribution is 0.268. The molecule has 1 aromatic heterocycles. The van der Waals surface area contributed by atoms with Crippen LogP contribution in [0.5, 0.6) is 0 Å². The molecule has 1 aromatic rings. The zero-order valence-electron chi connectivity index (χ0n) is 8.59. The van der Waals surface area contributed by atoms with Gasteiger partial charge in [-0.2, -0.15) is 0 Å². The number of nitrogens with one attached hydrogen (secondary N) is 2. The van der Waals surface area contributed by atoms with Gasteiger partial charge in [-0.3, -0.25) is 4.98 Å². The lowest BCUT2D eigenvalue weighted by atomic mass is 9.84. The van der Waals surface area contributed by atoms with E-state index in [0.717, 1.165) is 13.1 Å². The average Bonchev–Trinajstić information content (AvgIpc) is 2.31. The Bertz CT molecular complexity index is 278. The third-order valence-electron chi connectivity index (χ3n) is 3.08. The second-order valence-electron chi connectivity index (χ2n) is 3.85. The van der Waals surface area contributed by atoms with Crippen LogP contribution < -0.4 is 10.6 Å². The highest BCUT2D eigenvalue weighted by Crippen LogP contribution is 2.26. The summed E-state index contributed by atoms with van der Waals surface area (Å²) >= 11 is 0. The van der Waals surface area contributed by atoms with Crippen molar-refractivity contribution < 1.29 is 0 Å². The van der Waals surface area contributed by atoms with Gasteiger partial charge in [0, 0.05) is 18.9 Å². The van der Waals surface area contributed by atoms with Gasteiger partial charge < -0.3 is 10.6 Å². The summed E-state index contributed by atoms with van der Waals surface area (Å²) in [5.41, 5.74) is 1.38. The number of hydrogen-bond donors (Lipinski definition) is 2. The largest absolute Gasteiger partial charge is 0.315 e. The molecule has 1 aliphatic rings. The van der Waals surface area contributed by atoms with Crippen LogP contribution in [0.2, 0.25) is 0 Å². The molecule has 2 rings (SSSR count). The summed E-state index contributed by atoms with van der Waals surface area (Å²) in [4.78, 5) is 4.19. The maximum absolute atomic E-state index is 4.19. The summed E-state index contributed by atoms with van der Waals surface area (Å²) in [5.74, 6) is 0. The minimum Gasteiger partial charge on any atom is -0.315 e. The highest BCUT2D eigenvalue weighted by atomic mass is 15.0. The molecule has 0 aliphatic carbocycles. The first-order chi connectivity index (χ1) is 6.87. The van der Waals surface area contributed by atoms with E-state index >= 15 is 0 Å². The molecule has 0 amide bonds. The Labute approximate surface area is 84.9 Å². The molecule has 0 spiro atoms. The van der Waals surface area contributed by atoms with E-state index < -0.39 is 0 Å². The van der Waals surface area contributed by atoms with Crippen LogP contribution in [0.25, 0.3) is 0 Å². The van der Waals surface area contributed by atoms with Crippen LogP contribution in [-0.4, -0.2) is 25.1 Å². The molecule has 1 atom stereocenters. The van der Waals surface area contributed by atoms with Crippen LogP contribution in [0, 0.1) is 0 Å². The average molecular weight is 191 g/mol. The summed E-state index contributed by atoms with van der Waals surface area (Å²) < 4.78 is 0. The minimum atomic E-state index is 0.0898. The van der Waals surface area contributed by atoms with Crippen LogP contribution in [0.1, 0.15) is 18.4 Å². The quantitative estimate of drug-likeness (QED) is 0.728. The van der Waals surface area contributed by atoms with Gasteiger partial charge in [0.15, 0.2) is 0 Å². The van der Waals surface area contributed by atoms with Crippen LogP contribution in [0.15, 0.2) is 24.5 Å². The first-order valence-corrected chi connectivity index (χ1v) is 5.17. The summed E-state index contributed by atoms with van der Waals surface area (Å²) in [6, 6.07) is 4.15. The fourth-order valence-electron chi connectivity index (χ4n) is 2.16. The predicted octanol–water partition coefficient (Wildman–Crippen LogP) is 0.880. The van der Waals surface area contributed by atoms with E-state index in [0.29, 0.717) is 0 Å². The van der Waals surface area contributed by atoms with Crippen molar-refractivity contribution >= 4 is 0 Å². The van der Waals surface area contributed by atoms with Crippen molar-refractivity contribution in [2.45, 2.75) is 18.4 Å². The molecule has 1 saturated heterocycles. The van der Waals surface area contributed by atoms with Crippen molar-refractivity contribution in [3.05, 3.63) is 30.1 Å². The van der Waals surface area contributed by atoms with E-state index in [9.17, 15) is 0 Å². The van der Waals surface area contributed by atoms with Gasteiger partial charge in [0.05, 0.1) is 5.54 Å². The summed E-state index contributed by atoms with van der Waals surface area (Å²) in [7, 11) is 2.03. The van der Waals surface area contributed by atoms with Crippen molar-refractivity contribution in [2.24, 2.45) is 0 Å². The van der Waals surface area contributed by atoms with Gasteiger partial charge in [0.1, 0.15) is 0 Å². The molecule has 0 radical (unpaired) electrons. The van der Waals surface area contributed by atoms with E-state index in [1.165, 1.54) is 18.4 Å². The van der Waals surface area contributed by atoms with Gasteiger partial charge in [-0.1, -0.05) is 6.07 Å². The smallest absolute Gasteiger partial charge is 0.0574 e. The Morgan fingerprint density at radius 3 is 3.07 bits per heavy atom. The molecule has 76 valence electrons. The molecule has 2 heterocycles. The Kier molecular flexibility index (Phi) is 2.79. The minimum absolute atomic E-state index is 0.0898. The molecule has 14 heavy (non-hydrogen) atoms. The first-order valence-electron chi connectivity index (χ1n) is 5.17. The van der Waals surface area contributed by atoms with Gasteiger partial charge in [-0.15, -0.1) is 0 Å². The number of piperidine rings is 1. The van der Waals surface area contributed by atoms with Crippen molar-refractivity contribution in [1.82, 2.24) is 15.6 Å². The van der Waals surface area contributed by atoms with Gasteiger partial charge in [-0.25, -0.2) is 0 Å². The number of hydrogen-bond acceptors (Lipinski definition) is 3. The van der Waals surface area contributed by atoms with E-state index in [1.54, 1.807) is 0 Å². The zero-order valence-corrected chi connectivity index (χ0v) is 8.59. The maximum Gasteiger partial charge on any atom is 0.0574 e. The second-order valence-corrected chi connectivity index (χ2v) is 3.85. The Balaban J connectivity index is 2.27. The number of likely N-dealkylation sites (N-methyl/N-ethyl adjacent to an activating group) is 1. The van der Waals surface area contributed by atoms with E-state index in [2.05, 4.69) is 21.7 Å². The lowest BCUT2D eigenvalue weighted by Gasteiger charge is -2.37. The van der Waals surface area contributed by atoms with Crippen LogP contribution in [-0.2, 0) is 5.54 Å². The monoisotopic (exact) mass is 191 g/mol. The van der Waals surface area contributed by atoms with Gasteiger partial charge >= 0.3 is 0 Å². The molecule has 0 bridgehead atoms. The van der Waals surface area contributed by atoms with Crippen molar-refractivity contribution in [2.75, 3.05) is 20.1 Å². The number of rotatable bonds is 2. The second kappa shape index (κ2) is 4.07. The molecule has 0 saturated carbocycles. The first kappa shape index (κ1) is 9.62. The molecule has 3 heteroatoms. The maximum atomic E-state index is 4.19. The summed E-state index contributed by atoms with van der Waals surface area (Å²) in [5, 5.41) is 6.87. The fraction of sp³-hybridized carbons (Fsp3) is 0.545. The molecular weight excluding hydrogens is 174 g/mol. The standard InChI is InChI=1S/C11H17N3/c1-12-11(5-3-7-14-9-11)10-4-2-6-13-8-10/h2,4,6,8,12,14H,3,5,7,9H2,1H3. The Hall–Kier alpha value is -0.930. The van der Waals surface area contributed by atoms with E-state index in [4.69, 9.17) is 0 Å². The number of aromatic nitrogens is 1. The topological polar surface area (TPSA) is 37.0 Å². The van der Waals surface area contributed by atoms with Crippen molar-refractivity contribution in [3.8, 4) is 0 Å². The molecule has 3 nitrogen and oxygen atoms in total. The van der Waals surface area contributed by atoms with Gasteiger partial charge in [0.2, 0.25) is 0 Å². The molecule has 1 aliphatic heterocycles. The SMILES string of the molecule is CNC1(c2cccnc2)CCCNC1. The van der Waals surface area contributed by atoms with E-state index in [1.807, 2.05) is 25.5 Å². The van der Waals surface area contributed by atoms with Crippen molar-refractivity contribution in [3.63, 3.8) is 0 Å². The molecule has 2 N–H and O–H groups in total. The number of nitrogens with zero attached hydrogens (tertiary/aromatic N) is 1. The molecule has 1 unspecified atom stereocenters. The van der Waals surface area contributed by atoms with Gasteiger partial charge in [-0.05, 0) is 38.1 Å². The highest BCUT2D eigenvalue weighted by molar-refractivity contribution is 5.22.